The Labute approximate surface area is 129 Å². The number of rotatable bonds is 3. The topological polar surface area (TPSA) is 70.0 Å². The van der Waals surface area contributed by atoms with E-state index in [0.717, 1.165) is 0 Å². The fourth-order valence-corrected chi connectivity index (χ4v) is 2.71. The minimum absolute atomic E-state index is 0.147. The first-order valence-electron chi connectivity index (χ1n) is 6.95. The predicted octanol–water partition coefficient (Wildman–Crippen LogP) is 1.70. The standard InChI is InChI=1S/C15H20ClNO4/c1-21-13-9-11(16)3-4-12(13)14(19)17-7-2-5-15(20,10-18)6-8-17/h3-4,9,18,20H,2,5-8,10H2,1H3. The van der Waals surface area contributed by atoms with E-state index in [1.165, 1.54) is 7.11 Å². The molecular formula is C15H20ClNO4. The Morgan fingerprint density at radius 1 is 1.43 bits per heavy atom. The summed E-state index contributed by atoms with van der Waals surface area (Å²) in [5, 5.41) is 19.9. The number of nitrogens with zero attached hydrogens (tertiary/aromatic N) is 1. The summed E-state index contributed by atoms with van der Waals surface area (Å²) in [7, 11) is 1.50. The first-order chi connectivity index (χ1) is 9.99. The monoisotopic (exact) mass is 313 g/mol. The lowest BCUT2D eigenvalue weighted by Gasteiger charge is -2.24. The van der Waals surface area contributed by atoms with Gasteiger partial charge in [0.15, 0.2) is 0 Å². The van der Waals surface area contributed by atoms with Crippen LogP contribution in [0.1, 0.15) is 29.6 Å². The van der Waals surface area contributed by atoms with E-state index in [9.17, 15) is 15.0 Å². The van der Waals surface area contributed by atoms with Crippen molar-refractivity contribution in [3.05, 3.63) is 28.8 Å². The van der Waals surface area contributed by atoms with E-state index < -0.39 is 5.60 Å². The highest BCUT2D eigenvalue weighted by molar-refractivity contribution is 6.30. The van der Waals surface area contributed by atoms with Gasteiger partial charge in [-0.05, 0) is 37.5 Å². The minimum atomic E-state index is -1.08. The zero-order chi connectivity index (χ0) is 15.5. The maximum atomic E-state index is 12.6. The summed E-state index contributed by atoms with van der Waals surface area (Å²) in [5.41, 5.74) is -0.629. The van der Waals surface area contributed by atoms with E-state index in [2.05, 4.69) is 0 Å². The second-order valence-corrected chi connectivity index (χ2v) is 5.81. The number of aliphatic hydroxyl groups is 2. The molecule has 116 valence electrons. The zero-order valence-corrected chi connectivity index (χ0v) is 12.8. The molecule has 1 heterocycles. The molecule has 0 bridgehead atoms. The highest BCUT2D eigenvalue weighted by atomic mass is 35.5. The van der Waals surface area contributed by atoms with Crippen molar-refractivity contribution in [2.75, 3.05) is 26.8 Å². The van der Waals surface area contributed by atoms with E-state index in [-0.39, 0.29) is 12.5 Å². The van der Waals surface area contributed by atoms with Gasteiger partial charge in [-0.2, -0.15) is 0 Å². The van der Waals surface area contributed by atoms with Crippen molar-refractivity contribution in [2.24, 2.45) is 0 Å². The van der Waals surface area contributed by atoms with Gasteiger partial charge in [0.2, 0.25) is 0 Å². The van der Waals surface area contributed by atoms with Crippen molar-refractivity contribution in [1.29, 1.82) is 0 Å². The smallest absolute Gasteiger partial charge is 0.257 e. The molecule has 1 amide bonds. The number of carbonyl (C=O) groups excluding carboxylic acids is 1. The summed E-state index contributed by atoms with van der Waals surface area (Å²) >= 11 is 5.90. The third-order valence-electron chi connectivity index (χ3n) is 3.89. The van der Waals surface area contributed by atoms with Crippen LogP contribution < -0.4 is 4.74 Å². The fourth-order valence-electron chi connectivity index (χ4n) is 2.55. The lowest BCUT2D eigenvalue weighted by Crippen LogP contribution is -2.36. The van der Waals surface area contributed by atoms with Crippen LogP contribution in [0.5, 0.6) is 5.75 Å². The number of methoxy groups -OCH3 is 1. The SMILES string of the molecule is COc1cc(Cl)ccc1C(=O)N1CCCC(O)(CO)CC1. The molecule has 1 atom stereocenters. The van der Waals surface area contributed by atoms with E-state index in [1.807, 2.05) is 0 Å². The number of hydrogen-bond acceptors (Lipinski definition) is 4. The van der Waals surface area contributed by atoms with Gasteiger partial charge in [-0.3, -0.25) is 4.79 Å². The average Bonchev–Trinajstić information content (AvgIpc) is 2.69. The van der Waals surface area contributed by atoms with Gasteiger partial charge in [0.1, 0.15) is 5.75 Å². The first-order valence-corrected chi connectivity index (χ1v) is 7.33. The molecule has 0 aromatic heterocycles. The van der Waals surface area contributed by atoms with Gasteiger partial charge in [-0.15, -0.1) is 0 Å². The Kier molecular flexibility index (Phi) is 5.08. The molecule has 21 heavy (non-hydrogen) atoms. The van der Waals surface area contributed by atoms with Crippen LogP contribution in [0.25, 0.3) is 0 Å². The molecule has 2 rings (SSSR count). The number of ether oxygens (including phenoxy) is 1. The quantitative estimate of drug-likeness (QED) is 0.891. The zero-order valence-electron chi connectivity index (χ0n) is 12.0. The number of benzene rings is 1. The summed E-state index contributed by atoms with van der Waals surface area (Å²) in [6.45, 7) is 0.674. The molecule has 0 spiro atoms. The van der Waals surface area contributed by atoms with Gasteiger partial charge in [0, 0.05) is 18.1 Å². The Hall–Kier alpha value is -1.30. The second kappa shape index (κ2) is 6.64. The Balaban J connectivity index is 2.17. The fraction of sp³-hybridized carbons (Fsp3) is 0.533. The van der Waals surface area contributed by atoms with Crippen molar-refractivity contribution in [1.82, 2.24) is 4.90 Å². The summed E-state index contributed by atoms with van der Waals surface area (Å²) in [6, 6.07) is 4.91. The summed E-state index contributed by atoms with van der Waals surface area (Å²) < 4.78 is 5.21. The molecule has 1 aromatic rings. The highest BCUT2D eigenvalue weighted by Gasteiger charge is 2.31. The summed E-state index contributed by atoms with van der Waals surface area (Å²) in [6.07, 6.45) is 1.51. The van der Waals surface area contributed by atoms with Gasteiger partial charge >= 0.3 is 0 Å². The Morgan fingerprint density at radius 3 is 2.86 bits per heavy atom. The Morgan fingerprint density at radius 2 is 2.19 bits per heavy atom. The molecule has 1 aliphatic rings. The molecule has 2 N–H and O–H groups in total. The van der Waals surface area contributed by atoms with Crippen LogP contribution in [-0.4, -0.2) is 53.4 Å². The lowest BCUT2D eigenvalue weighted by molar-refractivity contribution is -0.0250. The number of likely N-dealkylation sites (tertiary alicyclic amines) is 1. The summed E-state index contributed by atoms with van der Waals surface area (Å²) in [5.74, 6) is 0.292. The average molecular weight is 314 g/mol. The first kappa shape index (κ1) is 16.1. The molecule has 1 saturated heterocycles. The second-order valence-electron chi connectivity index (χ2n) is 5.37. The van der Waals surface area contributed by atoms with Gasteiger partial charge in [0.25, 0.3) is 5.91 Å². The van der Waals surface area contributed by atoms with Crippen molar-refractivity contribution < 1.29 is 19.7 Å². The maximum absolute atomic E-state index is 12.6. The molecule has 1 unspecified atom stereocenters. The highest BCUT2D eigenvalue weighted by Crippen LogP contribution is 2.27. The molecule has 0 aliphatic carbocycles. The molecule has 1 fully saturated rings. The van der Waals surface area contributed by atoms with Crippen LogP contribution >= 0.6 is 11.6 Å². The third kappa shape index (κ3) is 3.67. The van der Waals surface area contributed by atoms with Crippen LogP contribution in [-0.2, 0) is 0 Å². The third-order valence-corrected chi connectivity index (χ3v) is 4.13. The van der Waals surface area contributed by atoms with Crippen molar-refractivity contribution in [2.45, 2.75) is 24.9 Å². The largest absolute Gasteiger partial charge is 0.496 e. The maximum Gasteiger partial charge on any atom is 0.257 e. The normalized spacial score (nSPS) is 22.8. The van der Waals surface area contributed by atoms with Crippen LogP contribution in [0.2, 0.25) is 5.02 Å². The van der Waals surface area contributed by atoms with Gasteiger partial charge in [-0.1, -0.05) is 11.6 Å². The summed E-state index contributed by atoms with van der Waals surface area (Å²) in [4.78, 5) is 14.3. The van der Waals surface area contributed by atoms with Crippen LogP contribution in [0.3, 0.4) is 0 Å². The molecular weight excluding hydrogens is 294 g/mol. The van der Waals surface area contributed by atoms with Gasteiger partial charge in [0.05, 0.1) is 24.9 Å². The van der Waals surface area contributed by atoms with Crippen LogP contribution in [0.4, 0.5) is 0 Å². The van der Waals surface area contributed by atoms with E-state index >= 15 is 0 Å². The van der Waals surface area contributed by atoms with Crippen molar-refractivity contribution >= 4 is 17.5 Å². The van der Waals surface area contributed by atoms with Gasteiger partial charge in [-0.25, -0.2) is 0 Å². The molecule has 1 aromatic carbocycles. The van der Waals surface area contributed by atoms with Crippen molar-refractivity contribution in [3.8, 4) is 5.75 Å². The number of carbonyl (C=O) groups is 1. The number of halogens is 1. The molecule has 5 nitrogen and oxygen atoms in total. The van der Waals surface area contributed by atoms with Crippen LogP contribution in [0, 0.1) is 0 Å². The molecule has 0 radical (unpaired) electrons. The van der Waals surface area contributed by atoms with E-state index in [4.69, 9.17) is 16.3 Å². The van der Waals surface area contributed by atoms with Crippen LogP contribution in [0.15, 0.2) is 18.2 Å². The van der Waals surface area contributed by atoms with E-state index in [0.29, 0.717) is 48.7 Å². The Bertz CT molecular complexity index is 522. The van der Waals surface area contributed by atoms with E-state index in [1.54, 1.807) is 23.1 Å². The molecule has 0 saturated carbocycles. The number of hydrogen-bond donors (Lipinski definition) is 2. The number of aliphatic hydroxyl groups excluding tert-OH is 1. The molecule has 1 aliphatic heterocycles. The predicted molar refractivity (Wildman–Crippen MR) is 79.8 cm³/mol. The lowest BCUT2D eigenvalue weighted by atomic mass is 9.96. The minimum Gasteiger partial charge on any atom is -0.496 e. The molecule has 6 heteroatoms. The van der Waals surface area contributed by atoms with Gasteiger partial charge < -0.3 is 19.8 Å². The number of amides is 1. The van der Waals surface area contributed by atoms with Crippen molar-refractivity contribution in [3.63, 3.8) is 0 Å².